The van der Waals surface area contributed by atoms with Crippen molar-refractivity contribution in [1.29, 1.82) is 5.26 Å². The van der Waals surface area contributed by atoms with E-state index < -0.39 is 0 Å². The number of imidazole rings is 1. The van der Waals surface area contributed by atoms with Gasteiger partial charge in [0.2, 0.25) is 5.95 Å². The van der Waals surface area contributed by atoms with Crippen molar-refractivity contribution in [1.82, 2.24) is 19.9 Å². The molecule has 98 valence electrons. The van der Waals surface area contributed by atoms with Crippen molar-refractivity contribution in [3.63, 3.8) is 0 Å². The third-order valence-electron chi connectivity index (χ3n) is 2.79. The quantitative estimate of drug-likeness (QED) is 0.669. The molecule has 0 amide bonds. The first-order valence-corrected chi connectivity index (χ1v) is 5.96. The van der Waals surface area contributed by atoms with E-state index in [2.05, 4.69) is 36.6 Å². The Morgan fingerprint density at radius 1 is 1.20 bits per heavy atom. The van der Waals surface area contributed by atoms with Crippen LogP contribution < -0.4 is 10.6 Å². The maximum absolute atomic E-state index is 8.79. The molecule has 0 saturated heterocycles. The van der Waals surface area contributed by atoms with Gasteiger partial charge in [0.25, 0.3) is 0 Å². The predicted octanol–water partition coefficient (Wildman–Crippen LogP) is 2.01. The molecule has 0 saturated carbocycles. The van der Waals surface area contributed by atoms with Gasteiger partial charge in [0.1, 0.15) is 5.52 Å². The second kappa shape index (κ2) is 4.85. The molecule has 20 heavy (non-hydrogen) atoms. The molecule has 2 heterocycles. The van der Waals surface area contributed by atoms with Crippen LogP contribution >= 0.6 is 0 Å². The predicted molar refractivity (Wildman–Crippen MR) is 75.7 cm³/mol. The van der Waals surface area contributed by atoms with Crippen LogP contribution in [-0.4, -0.2) is 27.0 Å². The number of benzene rings is 1. The topological polar surface area (TPSA) is 102 Å². The highest BCUT2D eigenvalue weighted by molar-refractivity contribution is 5.86. The summed E-state index contributed by atoms with van der Waals surface area (Å²) < 4.78 is 0. The normalized spacial score (nSPS) is 10.2. The van der Waals surface area contributed by atoms with E-state index in [0.717, 1.165) is 11.2 Å². The Bertz CT molecular complexity index is 783. The standard InChI is InChI=1S/C13H11N7/c1-15-13-19-11-10(16-7-17-11)12(20-13)18-9-4-2-8(6-14)3-5-9/h2-5,7H,1H3,(H3,15,16,17,18,19,20). The van der Waals surface area contributed by atoms with Crippen LogP contribution in [0.15, 0.2) is 30.6 Å². The van der Waals surface area contributed by atoms with Gasteiger partial charge in [-0.25, -0.2) is 4.98 Å². The van der Waals surface area contributed by atoms with Crippen molar-refractivity contribution in [2.24, 2.45) is 0 Å². The first-order chi connectivity index (χ1) is 9.80. The number of nitrogens with one attached hydrogen (secondary N) is 3. The lowest BCUT2D eigenvalue weighted by molar-refractivity contribution is 1.18. The molecule has 0 bridgehead atoms. The van der Waals surface area contributed by atoms with Crippen molar-refractivity contribution >= 4 is 28.6 Å². The first-order valence-electron chi connectivity index (χ1n) is 5.96. The summed E-state index contributed by atoms with van der Waals surface area (Å²) in [6.07, 6.45) is 1.57. The number of rotatable bonds is 3. The van der Waals surface area contributed by atoms with Gasteiger partial charge in [0.15, 0.2) is 11.5 Å². The van der Waals surface area contributed by atoms with Crippen molar-refractivity contribution in [2.45, 2.75) is 0 Å². The van der Waals surface area contributed by atoms with Crippen molar-refractivity contribution in [3.8, 4) is 6.07 Å². The number of hydrogen-bond donors (Lipinski definition) is 3. The van der Waals surface area contributed by atoms with Crippen LogP contribution in [0.4, 0.5) is 17.5 Å². The van der Waals surface area contributed by atoms with Crippen LogP contribution in [0.1, 0.15) is 5.56 Å². The molecule has 3 rings (SSSR count). The Hall–Kier alpha value is -3.14. The van der Waals surface area contributed by atoms with E-state index in [-0.39, 0.29) is 0 Å². The Morgan fingerprint density at radius 3 is 2.70 bits per heavy atom. The van der Waals surface area contributed by atoms with Crippen molar-refractivity contribution < 1.29 is 0 Å². The molecule has 0 aliphatic heterocycles. The SMILES string of the molecule is CNc1nc(Nc2ccc(C#N)cc2)c2[nH]cnc2n1. The Kier molecular flexibility index (Phi) is 2.89. The zero-order chi connectivity index (χ0) is 13.9. The summed E-state index contributed by atoms with van der Waals surface area (Å²) in [6, 6.07) is 9.21. The minimum Gasteiger partial charge on any atom is -0.357 e. The lowest BCUT2D eigenvalue weighted by Crippen LogP contribution is -2.01. The van der Waals surface area contributed by atoms with E-state index >= 15 is 0 Å². The van der Waals surface area contributed by atoms with Gasteiger partial charge in [-0.05, 0) is 24.3 Å². The van der Waals surface area contributed by atoms with E-state index in [9.17, 15) is 0 Å². The molecule has 0 fully saturated rings. The van der Waals surface area contributed by atoms with Crippen LogP contribution in [0.2, 0.25) is 0 Å². The Labute approximate surface area is 114 Å². The van der Waals surface area contributed by atoms with Gasteiger partial charge in [0, 0.05) is 12.7 Å². The number of aromatic nitrogens is 4. The van der Waals surface area contributed by atoms with E-state index in [4.69, 9.17) is 5.26 Å². The molecule has 7 heteroatoms. The molecule has 0 aliphatic carbocycles. The number of H-pyrrole nitrogens is 1. The molecule has 0 aliphatic rings. The summed E-state index contributed by atoms with van der Waals surface area (Å²) in [5.41, 5.74) is 2.76. The zero-order valence-electron chi connectivity index (χ0n) is 10.7. The van der Waals surface area contributed by atoms with Crippen LogP contribution in [0.5, 0.6) is 0 Å². The van der Waals surface area contributed by atoms with Gasteiger partial charge in [-0.1, -0.05) is 0 Å². The summed E-state index contributed by atoms with van der Waals surface area (Å²) in [5, 5.41) is 14.9. The van der Waals surface area contributed by atoms with E-state index in [1.54, 1.807) is 25.5 Å². The van der Waals surface area contributed by atoms with Gasteiger partial charge in [-0.3, -0.25) is 0 Å². The molecule has 2 aromatic heterocycles. The minimum atomic E-state index is 0.487. The fraction of sp³-hybridized carbons (Fsp3) is 0.0769. The van der Waals surface area contributed by atoms with Gasteiger partial charge < -0.3 is 15.6 Å². The second-order valence-corrected chi connectivity index (χ2v) is 4.06. The molecule has 7 nitrogen and oxygen atoms in total. The molecular formula is C13H11N7. The lowest BCUT2D eigenvalue weighted by atomic mass is 10.2. The fourth-order valence-corrected chi connectivity index (χ4v) is 1.80. The lowest BCUT2D eigenvalue weighted by Gasteiger charge is -2.08. The summed E-state index contributed by atoms with van der Waals surface area (Å²) in [6.45, 7) is 0. The molecule has 0 radical (unpaired) electrons. The highest BCUT2D eigenvalue weighted by Gasteiger charge is 2.09. The average Bonchev–Trinajstić information content (AvgIpc) is 2.96. The van der Waals surface area contributed by atoms with E-state index in [0.29, 0.717) is 23.0 Å². The largest absolute Gasteiger partial charge is 0.357 e. The highest BCUT2D eigenvalue weighted by Crippen LogP contribution is 2.22. The molecule has 0 atom stereocenters. The average molecular weight is 265 g/mol. The molecular weight excluding hydrogens is 254 g/mol. The summed E-state index contributed by atoms with van der Waals surface area (Å²) in [4.78, 5) is 15.7. The monoisotopic (exact) mass is 265 g/mol. The molecule has 0 spiro atoms. The van der Waals surface area contributed by atoms with Gasteiger partial charge in [0.05, 0.1) is 18.0 Å². The third-order valence-corrected chi connectivity index (χ3v) is 2.79. The van der Waals surface area contributed by atoms with E-state index in [1.807, 2.05) is 12.1 Å². The summed E-state index contributed by atoms with van der Waals surface area (Å²) in [5.74, 6) is 1.11. The Morgan fingerprint density at radius 2 is 2.00 bits per heavy atom. The maximum Gasteiger partial charge on any atom is 0.226 e. The second-order valence-electron chi connectivity index (χ2n) is 4.06. The van der Waals surface area contributed by atoms with Gasteiger partial charge in [-0.15, -0.1) is 0 Å². The first kappa shape index (κ1) is 11.9. The fourth-order valence-electron chi connectivity index (χ4n) is 1.80. The van der Waals surface area contributed by atoms with Crippen molar-refractivity contribution in [2.75, 3.05) is 17.7 Å². The number of nitrogens with zero attached hydrogens (tertiary/aromatic N) is 4. The van der Waals surface area contributed by atoms with E-state index in [1.165, 1.54) is 0 Å². The summed E-state index contributed by atoms with van der Waals surface area (Å²) >= 11 is 0. The number of hydrogen-bond acceptors (Lipinski definition) is 6. The molecule has 3 aromatic rings. The Balaban J connectivity index is 2.00. The number of nitriles is 1. The van der Waals surface area contributed by atoms with Gasteiger partial charge in [-0.2, -0.15) is 15.2 Å². The van der Waals surface area contributed by atoms with Crippen LogP contribution in [0.25, 0.3) is 11.2 Å². The minimum absolute atomic E-state index is 0.487. The molecule has 0 unspecified atom stereocenters. The number of fused-ring (bicyclic) bond motifs is 1. The molecule has 1 aromatic carbocycles. The van der Waals surface area contributed by atoms with Crippen molar-refractivity contribution in [3.05, 3.63) is 36.2 Å². The third kappa shape index (κ3) is 2.10. The smallest absolute Gasteiger partial charge is 0.226 e. The number of aromatic amines is 1. The van der Waals surface area contributed by atoms with Gasteiger partial charge >= 0.3 is 0 Å². The van der Waals surface area contributed by atoms with Crippen LogP contribution in [0.3, 0.4) is 0 Å². The highest BCUT2D eigenvalue weighted by atomic mass is 15.2. The number of anilines is 3. The van der Waals surface area contributed by atoms with Crippen LogP contribution in [0, 0.1) is 11.3 Å². The summed E-state index contributed by atoms with van der Waals surface area (Å²) in [7, 11) is 1.75. The molecule has 3 N–H and O–H groups in total. The van der Waals surface area contributed by atoms with Crippen LogP contribution in [-0.2, 0) is 0 Å². The zero-order valence-corrected chi connectivity index (χ0v) is 10.7. The maximum atomic E-state index is 8.79.